The smallest absolute Gasteiger partial charge is 0.744 e. The van der Waals surface area contributed by atoms with Crippen LogP contribution in [0.2, 0.25) is 0 Å². The monoisotopic (exact) mass is 412 g/mol. The summed E-state index contributed by atoms with van der Waals surface area (Å²) in [7, 11) is -4.50. The third-order valence-corrected chi connectivity index (χ3v) is 5.43. The molecule has 0 atom stereocenters. The molecular weight excluding hydrogens is 383 g/mol. The normalized spacial score (nSPS) is 11.1. The van der Waals surface area contributed by atoms with Crippen molar-refractivity contribution in [1.29, 1.82) is 0 Å². The Balaban J connectivity index is 0.00000392. The van der Waals surface area contributed by atoms with E-state index < -0.39 is 10.1 Å². The molecule has 0 saturated carbocycles. The number of ether oxygens (including phenoxy) is 1. The Hall–Kier alpha value is -0.850. The van der Waals surface area contributed by atoms with Gasteiger partial charge in [-0.15, -0.1) is 0 Å². The summed E-state index contributed by atoms with van der Waals surface area (Å²) in [5.74, 6) is 1.07. The van der Waals surface area contributed by atoms with Gasteiger partial charge in [0.05, 0.1) is 4.90 Å². The van der Waals surface area contributed by atoms with E-state index in [9.17, 15) is 13.0 Å². The zero-order chi connectivity index (χ0) is 19.5. The predicted molar refractivity (Wildman–Crippen MR) is 107 cm³/mol. The van der Waals surface area contributed by atoms with E-state index in [1.54, 1.807) is 18.2 Å². The molecule has 148 valence electrons. The van der Waals surface area contributed by atoms with Crippen molar-refractivity contribution in [2.24, 2.45) is 0 Å². The molecule has 0 fully saturated rings. The molecule has 0 aliphatic heterocycles. The number of unbranched alkanes of at least 4 members (excludes halogenated alkanes) is 7. The molecule has 6 heteroatoms. The van der Waals surface area contributed by atoms with Crippen molar-refractivity contribution in [2.45, 2.75) is 69.6 Å². The third-order valence-electron chi connectivity index (χ3n) is 4.60. The van der Waals surface area contributed by atoms with Gasteiger partial charge in [0, 0.05) is 0 Å². The maximum atomic E-state index is 11.3. The standard InChI is InChI=1S/C22H30O4S.Na/c1-2-3-4-5-6-7-8-10-13-19-16-17-21(27(23,24)25)18-22(19)26-20-14-11-9-12-15-20;/h9,11-12,14-18H,2-8,10,13H2,1H3,(H,23,24,25);/q;+1/p-1. The first-order chi connectivity index (χ1) is 13.0. The van der Waals surface area contributed by atoms with Gasteiger partial charge in [0.1, 0.15) is 21.6 Å². The molecular formula is C22H29NaO4S. The van der Waals surface area contributed by atoms with Crippen LogP contribution >= 0.6 is 0 Å². The Kier molecular flexibility index (Phi) is 12.0. The summed E-state index contributed by atoms with van der Waals surface area (Å²) in [5, 5.41) is 0. The predicted octanol–water partition coefficient (Wildman–Crippen LogP) is 3.07. The van der Waals surface area contributed by atoms with E-state index in [2.05, 4.69) is 6.92 Å². The number of hydrogen-bond donors (Lipinski definition) is 0. The minimum atomic E-state index is -4.50. The summed E-state index contributed by atoms with van der Waals surface area (Å²) in [6, 6.07) is 13.6. The molecule has 0 bridgehead atoms. The molecule has 0 unspecified atom stereocenters. The van der Waals surface area contributed by atoms with Crippen LogP contribution in [0.1, 0.15) is 63.9 Å². The number of para-hydroxylation sites is 1. The minimum Gasteiger partial charge on any atom is -0.744 e. The first kappa shape index (κ1) is 25.2. The van der Waals surface area contributed by atoms with E-state index in [0.717, 1.165) is 24.8 Å². The third kappa shape index (κ3) is 9.10. The van der Waals surface area contributed by atoms with Gasteiger partial charge in [-0.2, -0.15) is 0 Å². The molecule has 0 N–H and O–H groups in total. The van der Waals surface area contributed by atoms with Crippen LogP contribution in [-0.2, 0) is 16.5 Å². The number of benzene rings is 2. The van der Waals surface area contributed by atoms with Crippen molar-refractivity contribution in [3.63, 3.8) is 0 Å². The molecule has 2 aromatic rings. The van der Waals surface area contributed by atoms with Crippen molar-refractivity contribution in [3.05, 3.63) is 54.1 Å². The summed E-state index contributed by atoms with van der Waals surface area (Å²) in [5.41, 5.74) is 0.928. The Bertz CT molecular complexity index is 791. The Morgan fingerprint density at radius 3 is 2.07 bits per heavy atom. The maximum Gasteiger partial charge on any atom is 1.00 e. The van der Waals surface area contributed by atoms with Gasteiger partial charge in [0.25, 0.3) is 0 Å². The Morgan fingerprint density at radius 2 is 1.46 bits per heavy atom. The molecule has 2 rings (SSSR count). The maximum absolute atomic E-state index is 11.3. The van der Waals surface area contributed by atoms with Gasteiger partial charge < -0.3 is 9.29 Å². The van der Waals surface area contributed by atoms with Crippen LogP contribution in [0.15, 0.2) is 53.4 Å². The fourth-order valence-electron chi connectivity index (χ4n) is 3.06. The van der Waals surface area contributed by atoms with Crippen LogP contribution < -0.4 is 34.3 Å². The SMILES string of the molecule is CCCCCCCCCCc1ccc(S(=O)(=O)[O-])cc1Oc1ccccc1.[Na+]. The van der Waals surface area contributed by atoms with E-state index in [-0.39, 0.29) is 34.5 Å². The first-order valence-corrected chi connectivity index (χ1v) is 11.2. The number of hydrogen-bond acceptors (Lipinski definition) is 4. The second-order valence-electron chi connectivity index (χ2n) is 6.86. The first-order valence-electron chi connectivity index (χ1n) is 9.82. The van der Waals surface area contributed by atoms with Crippen molar-refractivity contribution < 1.29 is 47.3 Å². The average Bonchev–Trinajstić information content (AvgIpc) is 2.65. The second kappa shape index (κ2) is 13.4. The van der Waals surface area contributed by atoms with E-state index in [4.69, 9.17) is 4.74 Å². The van der Waals surface area contributed by atoms with E-state index in [0.29, 0.717) is 11.5 Å². The Morgan fingerprint density at radius 1 is 0.857 bits per heavy atom. The zero-order valence-electron chi connectivity index (χ0n) is 17.0. The molecule has 0 radical (unpaired) electrons. The largest absolute Gasteiger partial charge is 1.00 e. The quantitative estimate of drug-likeness (QED) is 0.305. The molecule has 0 heterocycles. The minimum absolute atomic E-state index is 0. The van der Waals surface area contributed by atoms with Crippen LogP contribution in [0, 0.1) is 0 Å². The van der Waals surface area contributed by atoms with Crippen LogP contribution in [-0.4, -0.2) is 13.0 Å². The van der Waals surface area contributed by atoms with Gasteiger partial charge in [-0.05, 0) is 42.7 Å². The van der Waals surface area contributed by atoms with Crippen molar-refractivity contribution in [3.8, 4) is 11.5 Å². The van der Waals surface area contributed by atoms with E-state index >= 15 is 0 Å². The van der Waals surface area contributed by atoms with Crippen LogP contribution in [0.5, 0.6) is 11.5 Å². The molecule has 0 amide bonds. The van der Waals surface area contributed by atoms with Gasteiger partial charge >= 0.3 is 29.6 Å². The molecule has 28 heavy (non-hydrogen) atoms. The topological polar surface area (TPSA) is 66.4 Å². The molecule has 0 spiro atoms. The molecule has 0 aliphatic carbocycles. The van der Waals surface area contributed by atoms with Gasteiger partial charge in [-0.25, -0.2) is 8.42 Å². The Labute approximate surface area is 191 Å². The van der Waals surface area contributed by atoms with Crippen molar-refractivity contribution in [2.75, 3.05) is 0 Å². The summed E-state index contributed by atoms with van der Waals surface area (Å²) >= 11 is 0. The molecule has 4 nitrogen and oxygen atoms in total. The average molecular weight is 413 g/mol. The van der Waals surface area contributed by atoms with Crippen LogP contribution in [0.3, 0.4) is 0 Å². The van der Waals surface area contributed by atoms with Gasteiger partial charge in [-0.3, -0.25) is 0 Å². The zero-order valence-corrected chi connectivity index (χ0v) is 19.8. The molecule has 0 saturated heterocycles. The van der Waals surface area contributed by atoms with Gasteiger partial charge in [0.2, 0.25) is 0 Å². The van der Waals surface area contributed by atoms with Crippen LogP contribution in [0.25, 0.3) is 0 Å². The number of rotatable bonds is 12. The van der Waals surface area contributed by atoms with E-state index in [1.807, 2.05) is 18.2 Å². The number of aryl methyl sites for hydroxylation is 1. The van der Waals surface area contributed by atoms with Gasteiger partial charge in [0.15, 0.2) is 0 Å². The fourth-order valence-corrected chi connectivity index (χ4v) is 3.54. The van der Waals surface area contributed by atoms with Gasteiger partial charge in [-0.1, -0.05) is 76.1 Å². The summed E-state index contributed by atoms with van der Waals surface area (Å²) < 4.78 is 39.9. The summed E-state index contributed by atoms with van der Waals surface area (Å²) in [6.07, 6.45) is 10.6. The van der Waals surface area contributed by atoms with Crippen molar-refractivity contribution >= 4 is 10.1 Å². The fraction of sp³-hybridized carbons (Fsp3) is 0.455. The summed E-state index contributed by atoms with van der Waals surface area (Å²) in [4.78, 5) is -0.256. The second-order valence-corrected chi connectivity index (χ2v) is 8.24. The molecule has 0 aromatic heterocycles. The van der Waals surface area contributed by atoms with Crippen molar-refractivity contribution in [1.82, 2.24) is 0 Å². The van der Waals surface area contributed by atoms with E-state index in [1.165, 1.54) is 50.7 Å². The molecule has 2 aromatic carbocycles. The summed E-state index contributed by atoms with van der Waals surface area (Å²) in [6.45, 7) is 2.22. The van der Waals surface area contributed by atoms with Crippen LogP contribution in [0.4, 0.5) is 0 Å². The molecule has 0 aliphatic rings.